The van der Waals surface area contributed by atoms with Crippen LogP contribution in [0.1, 0.15) is 21.1 Å². The Kier molecular flexibility index (Phi) is 5.94. The van der Waals surface area contributed by atoms with Gasteiger partial charge in [-0.3, -0.25) is 14.6 Å². The van der Waals surface area contributed by atoms with Gasteiger partial charge in [0.1, 0.15) is 9.88 Å². The van der Waals surface area contributed by atoms with E-state index in [1.54, 1.807) is 16.0 Å². The summed E-state index contributed by atoms with van der Waals surface area (Å²) in [6, 6.07) is 9.31. The Bertz CT molecular complexity index is 1030. The Morgan fingerprint density at radius 3 is 2.48 bits per heavy atom. The molecule has 0 N–H and O–H groups in total. The SMILES string of the molecule is Cc1nc(-c2ccc(Cl)s2)sc1C(=O)N1CCN(C(=O)Cc2ccccn2)CC1. The molecule has 6 nitrogen and oxygen atoms in total. The Morgan fingerprint density at radius 1 is 1.07 bits per heavy atom. The molecule has 1 aliphatic rings. The minimum absolute atomic E-state index is 0.0225. The number of piperazine rings is 1. The largest absolute Gasteiger partial charge is 0.339 e. The Morgan fingerprint density at radius 2 is 1.83 bits per heavy atom. The van der Waals surface area contributed by atoms with Crippen LogP contribution in [-0.2, 0) is 11.2 Å². The number of carbonyl (C=O) groups is 2. The highest BCUT2D eigenvalue weighted by Crippen LogP contribution is 2.35. The summed E-state index contributed by atoms with van der Waals surface area (Å²) in [6.07, 6.45) is 1.98. The summed E-state index contributed by atoms with van der Waals surface area (Å²) in [5.41, 5.74) is 1.49. The minimum atomic E-state index is -0.0225. The molecule has 0 aromatic carbocycles. The first-order valence-corrected chi connectivity index (χ1v) is 11.2. The summed E-state index contributed by atoms with van der Waals surface area (Å²) in [5.74, 6) is 0.0207. The van der Waals surface area contributed by atoms with E-state index in [2.05, 4.69) is 9.97 Å². The van der Waals surface area contributed by atoms with Crippen LogP contribution in [0.5, 0.6) is 0 Å². The molecule has 1 fully saturated rings. The molecule has 3 aromatic heterocycles. The van der Waals surface area contributed by atoms with Crippen LogP contribution in [0.4, 0.5) is 0 Å². The lowest BCUT2D eigenvalue weighted by molar-refractivity contribution is -0.132. The normalized spacial score (nSPS) is 14.3. The van der Waals surface area contributed by atoms with Crippen molar-refractivity contribution in [1.29, 1.82) is 0 Å². The molecule has 0 aliphatic carbocycles. The van der Waals surface area contributed by atoms with Crippen LogP contribution in [0.25, 0.3) is 9.88 Å². The molecule has 1 aliphatic heterocycles. The predicted octanol–water partition coefficient (Wildman–Crippen LogP) is 3.76. The van der Waals surface area contributed by atoms with E-state index in [0.717, 1.165) is 21.3 Å². The van der Waals surface area contributed by atoms with Gasteiger partial charge in [0.05, 0.1) is 21.3 Å². The number of rotatable bonds is 4. The second-order valence-electron chi connectivity index (χ2n) is 6.71. The standard InChI is InChI=1S/C20H19ClN4O2S2/c1-13-18(29-19(23-13)15-5-6-16(21)28-15)20(27)25-10-8-24(9-11-25)17(26)12-14-4-2-3-7-22-14/h2-7H,8-12H2,1H3. The van der Waals surface area contributed by atoms with Gasteiger partial charge in [-0.25, -0.2) is 4.98 Å². The van der Waals surface area contributed by atoms with Crippen LogP contribution in [0, 0.1) is 6.92 Å². The van der Waals surface area contributed by atoms with Gasteiger partial charge in [0.25, 0.3) is 5.91 Å². The van der Waals surface area contributed by atoms with E-state index < -0.39 is 0 Å². The fraction of sp³-hybridized carbons (Fsp3) is 0.300. The van der Waals surface area contributed by atoms with Crippen LogP contribution in [0.2, 0.25) is 4.34 Å². The first-order valence-electron chi connectivity index (χ1n) is 9.21. The number of amides is 2. The van der Waals surface area contributed by atoms with E-state index in [1.165, 1.54) is 22.7 Å². The lowest BCUT2D eigenvalue weighted by Crippen LogP contribution is -2.51. The van der Waals surface area contributed by atoms with Gasteiger partial charge in [-0.2, -0.15) is 0 Å². The number of nitrogens with zero attached hydrogens (tertiary/aromatic N) is 4. The van der Waals surface area contributed by atoms with E-state index in [1.807, 2.05) is 37.3 Å². The number of thiophene rings is 1. The van der Waals surface area contributed by atoms with Gasteiger partial charge in [-0.1, -0.05) is 17.7 Å². The lowest BCUT2D eigenvalue weighted by Gasteiger charge is -2.34. The van der Waals surface area contributed by atoms with Crippen LogP contribution >= 0.6 is 34.3 Å². The number of hydrogen-bond donors (Lipinski definition) is 0. The highest BCUT2D eigenvalue weighted by molar-refractivity contribution is 7.24. The maximum Gasteiger partial charge on any atom is 0.265 e. The highest BCUT2D eigenvalue weighted by Gasteiger charge is 2.27. The highest BCUT2D eigenvalue weighted by atomic mass is 35.5. The molecule has 29 heavy (non-hydrogen) atoms. The van der Waals surface area contributed by atoms with Gasteiger partial charge in [0, 0.05) is 38.1 Å². The van der Waals surface area contributed by atoms with Gasteiger partial charge < -0.3 is 9.80 Å². The van der Waals surface area contributed by atoms with Crippen molar-refractivity contribution >= 4 is 46.1 Å². The molecule has 0 spiro atoms. The maximum absolute atomic E-state index is 13.0. The molecule has 0 radical (unpaired) electrons. The third kappa shape index (κ3) is 4.49. The number of carbonyl (C=O) groups excluding carboxylic acids is 2. The van der Waals surface area contributed by atoms with Crippen LogP contribution in [0.3, 0.4) is 0 Å². The van der Waals surface area contributed by atoms with Gasteiger partial charge >= 0.3 is 0 Å². The van der Waals surface area contributed by atoms with Gasteiger partial charge in [-0.05, 0) is 31.2 Å². The van der Waals surface area contributed by atoms with Crippen molar-refractivity contribution < 1.29 is 9.59 Å². The zero-order chi connectivity index (χ0) is 20.4. The summed E-state index contributed by atoms with van der Waals surface area (Å²) in [4.78, 5) is 39.5. The molecule has 1 saturated heterocycles. The molecular weight excluding hydrogens is 428 g/mol. The fourth-order valence-corrected chi connectivity index (χ4v) is 5.33. The number of aromatic nitrogens is 2. The molecule has 9 heteroatoms. The average molecular weight is 447 g/mol. The molecule has 4 heterocycles. The molecule has 0 atom stereocenters. The van der Waals surface area contributed by atoms with Crippen LogP contribution in [-0.4, -0.2) is 57.8 Å². The zero-order valence-electron chi connectivity index (χ0n) is 15.8. The molecule has 0 unspecified atom stereocenters. The number of thiazole rings is 1. The minimum Gasteiger partial charge on any atom is -0.339 e. The van der Waals surface area contributed by atoms with Crippen molar-refractivity contribution in [2.24, 2.45) is 0 Å². The fourth-order valence-electron chi connectivity index (χ4n) is 3.20. The number of pyridine rings is 1. The Balaban J connectivity index is 1.38. The summed E-state index contributed by atoms with van der Waals surface area (Å²) >= 11 is 8.87. The molecule has 150 valence electrons. The third-order valence-electron chi connectivity index (χ3n) is 4.75. The van der Waals surface area contributed by atoms with E-state index >= 15 is 0 Å². The number of hydrogen-bond acceptors (Lipinski definition) is 6. The first kappa shape index (κ1) is 20.0. The molecule has 0 bridgehead atoms. The Hall–Kier alpha value is -2.29. The zero-order valence-corrected chi connectivity index (χ0v) is 18.2. The van der Waals surface area contributed by atoms with E-state index in [9.17, 15) is 9.59 Å². The van der Waals surface area contributed by atoms with Crippen molar-refractivity contribution in [3.8, 4) is 9.88 Å². The van der Waals surface area contributed by atoms with Crippen molar-refractivity contribution in [3.05, 3.63) is 57.1 Å². The number of aryl methyl sites for hydroxylation is 1. The summed E-state index contributed by atoms with van der Waals surface area (Å²) in [5, 5.41) is 0.812. The van der Waals surface area contributed by atoms with Crippen molar-refractivity contribution in [2.45, 2.75) is 13.3 Å². The first-order chi connectivity index (χ1) is 14.0. The molecule has 3 aromatic rings. The topological polar surface area (TPSA) is 66.4 Å². The van der Waals surface area contributed by atoms with Crippen LogP contribution in [0.15, 0.2) is 36.5 Å². The molecular formula is C20H19ClN4O2S2. The van der Waals surface area contributed by atoms with Gasteiger partial charge in [0.2, 0.25) is 5.91 Å². The average Bonchev–Trinajstić information content (AvgIpc) is 3.34. The molecule has 4 rings (SSSR count). The third-order valence-corrected chi connectivity index (χ3v) is 7.30. The molecule has 2 amide bonds. The predicted molar refractivity (Wildman–Crippen MR) is 116 cm³/mol. The second-order valence-corrected chi connectivity index (χ2v) is 9.42. The summed E-state index contributed by atoms with van der Waals surface area (Å²) < 4.78 is 0.701. The van der Waals surface area contributed by atoms with Gasteiger partial charge in [0.15, 0.2) is 0 Å². The second kappa shape index (κ2) is 8.61. The summed E-state index contributed by atoms with van der Waals surface area (Å²) in [7, 11) is 0. The van der Waals surface area contributed by atoms with Crippen molar-refractivity contribution in [1.82, 2.24) is 19.8 Å². The summed E-state index contributed by atoms with van der Waals surface area (Å²) in [6.45, 7) is 3.95. The molecule has 0 saturated carbocycles. The lowest BCUT2D eigenvalue weighted by atomic mass is 10.2. The monoisotopic (exact) mass is 446 g/mol. The Labute approximate surface area is 181 Å². The van der Waals surface area contributed by atoms with E-state index in [4.69, 9.17) is 11.6 Å². The van der Waals surface area contributed by atoms with E-state index in [0.29, 0.717) is 35.4 Å². The van der Waals surface area contributed by atoms with Gasteiger partial charge in [-0.15, -0.1) is 22.7 Å². The smallest absolute Gasteiger partial charge is 0.265 e. The maximum atomic E-state index is 13.0. The quantitative estimate of drug-likeness (QED) is 0.612. The van der Waals surface area contributed by atoms with Crippen molar-refractivity contribution in [3.63, 3.8) is 0 Å². The van der Waals surface area contributed by atoms with Crippen molar-refractivity contribution in [2.75, 3.05) is 26.2 Å². The number of halogens is 1. The van der Waals surface area contributed by atoms with E-state index in [-0.39, 0.29) is 18.2 Å². The van der Waals surface area contributed by atoms with Crippen LogP contribution < -0.4 is 0 Å².